The number of piperidine rings is 1. The number of nitrogens with zero attached hydrogens (tertiary/aromatic N) is 4. The van der Waals surface area contributed by atoms with Crippen LogP contribution in [-0.2, 0) is 5.54 Å². The minimum atomic E-state index is -0.455. The summed E-state index contributed by atoms with van der Waals surface area (Å²) in [4.78, 5) is 6.86. The van der Waals surface area contributed by atoms with Gasteiger partial charge in [0.2, 0.25) is 0 Å². The third-order valence-corrected chi connectivity index (χ3v) is 6.00. The highest BCUT2D eigenvalue weighted by atomic mass is 127. The van der Waals surface area contributed by atoms with Gasteiger partial charge in [-0.2, -0.15) is 5.10 Å². The van der Waals surface area contributed by atoms with Gasteiger partial charge in [0.1, 0.15) is 17.5 Å². The molecule has 4 nitrogen and oxygen atoms in total. The molecule has 0 spiro atoms. The van der Waals surface area contributed by atoms with Crippen molar-refractivity contribution in [3.63, 3.8) is 0 Å². The predicted molar refractivity (Wildman–Crippen MR) is 93.8 cm³/mol. The van der Waals surface area contributed by atoms with Crippen LogP contribution in [0.3, 0.4) is 0 Å². The van der Waals surface area contributed by atoms with Gasteiger partial charge in [-0.05, 0) is 65.6 Å². The number of fused-ring (bicyclic) bond motifs is 2. The Balaban J connectivity index is 1.64. The highest BCUT2D eigenvalue weighted by molar-refractivity contribution is 14.1. The Bertz CT molecular complexity index is 972. The number of hydrogen-bond acceptors (Lipinski definition) is 3. The Morgan fingerprint density at radius 2 is 2.12 bits per heavy atom. The summed E-state index contributed by atoms with van der Waals surface area (Å²) in [5.74, 6) is 0.415. The van der Waals surface area contributed by atoms with Gasteiger partial charge in [0, 0.05) is 18.3 Å². The second-order valence-electron chi connectivity index (χ2n) is 6.44. The maximum atomic E-state index is 14.4. The summed E-state index contributed by atoms with van der Waals surface area (Å²) in [6.07, 6.45) is 5.44. The lowest BCUT2D eigenvalue weighted by Gasteiger charge is -2.30. The van der Waals surface area contributed by atoms with Crippen LogP contribution in [0.2, 0.25) is 0 Å². The van der Waals surface area contributed by atoms with E-state index in [0.717, 1.165) is 34.4 Å². The fourth-order valence-electron chi connectivity index (χ4n) is 4.08. The zero-order valence-corrected chi connectivity index (χ0v) is 14.7. The first kappa shape index (κ1) is 14.6. The normalized spacial score (nSPS) is 25.3. The molecule has 122 valence electrons. The fraction of sp³-hybridized carbons (Fsp3) is 0.294. The molecule has 2 fully saturated rings. The van der Waals surface area contributed by atoms with Gasteiger partial charge in [-0.1, -0.05) is 0 Å². The first-order valence-electron chi connectivity index (χ1n) is 7.83. The molecule has 1 aromatic carbocycles. The van der Waals surface area contributed by atoms with Gasteiger partial charge in [0.05, 0.1) is 15.3 Å². The quantitative estimate of drug-likeness (QED) is 0.572. The van der Waals surface area contributed by atoms with E-state index in [1.807, 2.05) is 12.3 Å². The summed E-state index contributed by atoms with van der Waals surface area (Å²) < 4.78 is 30.8. The second kappa shape index (κ2) is 4.87. The lowest BCUT2D eigenvalue weighted by atomic mass is 10.0. The van der Waals surface area contributed by atoms with E-state index in [1.54, 1.807) is 10.7 Å². The fourth-order valence-corrected chi connectivity index (χ4v) is 4.57. The Kier molecular flexibility index (Phi) is 2.96. The molecule has 1 aliphatic carbocycles. The van der Waals surface area contributed by atoms with Gasteiger partial charge in [-0.25, -0.2) is 18.3 Å². The minimum Gasteiger partial charge on any atom is -0.346 e. The molecule has 3 aromatic rings. The molecule has 0 radical (unpaired) electrons. The lowest BCUT2D eigenvalue weighted by Crippen LogP contribution is -2.34. The smallest absolute Gasteiger partial charge is 0.170 e. The van der Waals surface area contributed by atoms with Crippen molar-refractivity contribution < 1.29 is 8.78 Å². The first-order chi connectivity index (χ1) is 11.6. The van der Waals surface area contributed by atoms with Gasteiger partial charge >= 0.3 is 0 Å². The van der Waals surface area contributed by atoms with Crippen LogP contribution in [0.15, 0.2) is 36.7 Å². The average Bonchev–Trinajstić information content (AvgIpc) is 3.01. The van der Waals surface area contributed by atoms with Crippen molar-refractivity contribution in [1.29, 1.82) is 0 Å². The van der Waals surface area contributed by atoms with Gasteiger partial charge in [0.15, 0.2) is 5.65 Å². The van der Waals surface area contributed by atoms with Crippen LogP contribution in [0.25, 0.3) is 5.65 Å². The van der Waals surface area contributed by atoms with E-state index in [1.165, 1.54) is 18.2 Å². The molecule has 0 amide bonds. The number of aromatic nitrogens is 3. The molecule has 0 N–H and O–H groups in total. The van der Waals surface area contributed by atoms with Gasteiger partial charge in [0.25, 0.3) is 0 Å². The molecule has 0 bridgehead atoms. The zero-order chi connectivity index (χ0) is 16.5. The van der Waals surface area contributed by atoms with Crippen LogP contribution in [0.1, 0.15) is 18.4 Å². The number of rotatable bonds is 2. The van der Waals surface area contributed by atoms with Crippen LogP contribution in [0.5, 0.6) is 0 Å². The third kappa shape index (κ3) is 1.87. The van der Waals surface area contributed by atoms with Crippen LogP contribution < -0.4 is 4.90 Å². The molecule has 1 saturated heterocycles. The van der Waals surface area contributed by atoms with Crippen LogP contribution >= 0.6 is 22.6 Å². The number of hydrogen-bond donors (Lipinski definition) is 0. The van der Waals surface area contributed by atoms with E-state index in [0.29, 0.717) is 11.5 Å². The highest BCUT2D eigenvalue weighted by Gasteiger charge is 2.64. The molecule has 1 aliphatic heterocycles. The molecular weight excluding hydrogens is 425 g/mol. The van der Waals surface area contributed by atoms with E-state index in [4.69, 9.17) is 4.98 Å². The van der Waals surface area contributed by atoms with Crippen molar-refractivity contribution >= 4 is 34.1 Å². The van der Waals surface area contributed by atoms with Crippen LogP contribution in [0, 0.1) is 21.1 Å². The Morgan fingerprint density at radius 3 is 2.96 bits per heavy atom. The summed E-state index contributed by atoms with van der Waals surface area (Å²) >= 11 is 2.20. The van der Waals surface area contributed by atoms with E-state index in [2.05, 4.69) is 32.6 Å². The third-order valence-electron chi connectivity index (χ3n) is 5.24. The molecule has 5 rings (SSSR count). The number of halogens is 3. The van der Waals surface area contributed by atoms with Crippen molar-refractivity contribution in [3.05, 3.63) is 57.4 Å². The van der Waals surface area contributed by atoms with Gasteiger partial charge in [-0.3, -0.25) is 0 Å². The molecule has 1 saturated carbocycles. The topological polar surface area (TPSA) is 33.4 Å². The van der Waals surface area contributed by atoms with E-state index < -0.39 is 11.4 Å². The molecule has 2 aromatic heterocycles. The monoisotopic (exact) mass is 438 g/mol. The van der Waals surface area contributed by atoms with Crippen molar-refractivity contribution in [2.24, 2.45) is 5.92 Å². The molecule has 24 heavy (non-hydrogen) atoms. The standard InChI is InChI=1S/C17H13F2IN4/c18-11-1-2-13(19)12(7-11)17-8-10(17)3-5-23(17)15-4-6-24-16(22-15)14(20)9-21-24/h1-2,4,6-7,9-10H,3,5,8H2/t10-,17+/m0/s1. The first-order valence-corrected chi connectivity index (χ1v) is 8.90. The Morgan fingerprint density at radius 1 is 1.25 bits per heavy atom. The molecule has 7 heteroatoms. The van der Waals surface area contributed by atoms with Crippen molar-refractivity contribution in [2.45, 2.75) is 18.4 Å². The maximum absolute atomic E-state index is 14.4. The summed E-state index contributed by atoms with van der Waals surface area (Å²) in [5, 5.41) is 4.24. The van der Waals surface area contributed by atoms with Gasteiger partial charge in [-0.15, -0.1) is 0 Å². The van der Waals surface area contributed by atoms with Crippen molar-refractivity contribution in [3.8, 4) is 0 Å². The second-order valence-corrected chi connectivity index (χ2v) is 7.60. The number of benzene rings is 1. The Hall–Kier alpha value is -1.77. The SMILES string of the molecule is Fc1ccc(F)c([C@@]23C[C@@H]2CCN3c2ccn3ncc(I)c3n2)c1. The molecule has 0 unspecified atom stereocenters. The minimum absolute atomic E-state index is 0.342. The highest BCUT2D eigenvalue weighted by Crippen LogP contribution is 2.63. The van der Waals surface area contributed by atoms with Gasteiger partial charge < -0.3 is 4.90 Å². The van der Waals surface area contributed by atoms with Crippen LogP contribution in [-0.4, -0.2) is 21.1 Å². The largest absolute Gasteiger partial charge is 0.346 e. The molecule has 3 heterocycles. The summed E-state index contributed by atoms with van der Waals surface area (Å²) in [5.41, 5.74) is 0.783. The summed E-state index contributed by atoms with van der Waals surface area (Å²) in [6, 6.07) is 5.64. The Labute approximate surface area is 150 Å². The maximum Gasteiger partial charge on any atom is 0.170 e. The molecule has 2 aliphatic rings. The number of anilines is 1. The average molecular weight is 438 g/mol. The summed E-state index contributed by atoms with van der Waals surface area (Å²) in [6.45, 7) is 0.800. The predicted octanol–water partition coefficient (Wildman–Crippen LogP) is 3.74. The van der Waals surface area contributed by atoms with E-state index in [-0.39, 0.29) is 5.82 Å². The van der Waals surface area contributed by atoms with Crippen molar-refractivity contribution in [1.82, 2.24) is 14.6 Å². The van der Waals surface area contributed by atoms with Crippen molar-refractivity contribution in [2.75, 3.05) is 11.4 Å². The molecular formula is C17H13F2IN4. The van der Waals surface area contributed by atoms with E-state index >= 15 is 0 Å². The van der Waals surface area contributed by atoms with Crippen LogP contribution in [0.4, 0.5) is 14.6 Å². The summed E-state index contributed by atoms with van der Waals surface area (Å²) in [7, 11) is 0. The van der Waals surface area contributed by atoms with E-state index in [9.17, 15) is 8.78 Å². The lowest BCUT2D eigenvalue weighted by molar-refractivity contribution is 0.544. The zero-order valence-electron chi connectivity index (χ0n) is 12.6. The molecule has 2 atom stereocenters.